The van der Waals surface area contributed by atoms with Gasteiger partial charge in [-0.2, -0.15) is 5.10 Å². The van der Waals surface area contributed by atoms with Crippen molar-refractivity contribution >= 4 is 28.1 Å². The Labute approximate surface area is 224 Å². The molecule has 0 spiro atoms. The van der Waals surface area contributed by atoms with Crippen molar-refractivity contribution in [3.63, 3.8) is 0 Å². The molecule has 0 radical (unpaired) electrons. The lowest BCUT2D eigenvalue weighted by molar-refractivity contribution is 0.220. The van der Waals surface area contributed by atoms with Crippen LogP contribution in [0.2, 0.25) is 0 Å². The second-order valence-corrected chi connectivity index (χ2v) is 10.6. The van der Waals surface area contributed by atoms with E-state index in [9.17, 15) is 0 Å². The molecule has 0 saturated carbocycles. The average molecular weight is 509 g/mol. The first kappa shape index (κ1) is 24.6. The number of hydrogen-bond donors (Lipinski definition) is 2. The van der Waals surface area contributed by atoms with Gasteiger partial charge in [-0.15, -0.1) is 0 Å². The van der Waals surface area contributed by atoms with Crippen molar-refractivity contribution in [3.8, 4) is 11.1 Å². The minimum atomic E-state index is 0.736. The minimum Gasteiger partial charge on any atom is -0.354 e. The molecule has 0 aliphatic carbocycles. The number of fused-ring (bicyclic) bond motifs is 1. The molecule has 4 aromatic rings. The van der Waals surface area contributed by atoms with Crippen LogP contribution in [0.1, 0.15) is 30.5 Å². The topological polar surface area (TPSA) is 76.2 Å². The molecule has 2 saturated heterocycles. The van der Waals surface area contributed by atoms with Gasteiger partial charge >= 0.3 is 0 Å². The number of likely N-dealkylation sites (N-methyl/N-ethyl adjacent to an activating group) is 1. The molecular formula is C30H36N8. The molecule has 1 aromatic carbocycles. The Morgan fingerprint density at radius 3 is 2.55 bits per heavy atom. The predicted octanol–water partition coefficient (Wildman–Crippen LogP) is 4.84. The summed E-state index contributed by atoms with van der Waals surface area (Å²) in [5.74, 6) is 1.01. The molecule has 0 bridgehead atoms. The number of anilines is 2. The molecule has 0 atom stereocenters. The van der Waals surface area contributed by atoms with E-state index in [0.717, 1.165) is 77.6 Å². The molecule has 3 aromatic heterocycles. The molecule has 0 amide bonds. The molecule has 6 rings (SSSR count). The smallest absolute Gasteiger partial charge is 0.128 e. The third-order valence-electron chi connectivity index (χ3n) is 7.70. The van der Waals surface area contributed by atoms with E-state index in [1.54, 1.807) is 0 Å². The quantitative estimate of drug-likeness (QED) is 0.370. The van der Waals surface area contributed by atoms with Gasteiger partial charge in [0.1, 0.15) is 11.5 Å². The summed E-state index contributed by atoms with van der Waals surface area (Å²) in [5, 5.41) is 12.2. The van der Waals surface area contributed by atoms with Crippen molar-refractivity contribution in [2.24, 2.45) is 0 Å². The van der Waals surface area contributed by atoms with Gasteiger partial charge in [-0.05, 0) is 74.4 Å². The summed E-state index contributed by atoms with van der Waals surface area (Å²) in [4.78, 5) is 16.5. The molecule has 0 unspecified atom stereocenters. The summed E-state index contributed by atoms with van der Waals surface area (Å²) in [6, 6.07) is 12.8. The molecule has 2 aliphatic heterocycles. The molecule has 2 aliphatic rings. The Bertz CT molecular complexity index is 1400. The highest BCUT2D eigenvalue weighted by molar-refractivity contribution is 5.95. The highest BCUT2D eigenvalue weighted by Gasteiger charge is 2.16. The van der Waals surface area contributed by atoms with Crippen LogP contribution in [0.25, 0.3) is 27.7 Å². The van der Waals surface area contributed by atoms with Gasteiger partial charge in [-0.25, -0.2) is 4.98 Å². The minimum absolute atomic E-state index is 0.736. The summed E-state index contributed by atoms with van der Waals surface area (Å²) in [6.45, 7) is 11.7. The summed E-state index contributed by atoms with van der Waals surface area (Å²) in [7, 11) is 2.16. The van der Waals surface area contributed by atoms with Crippen molar-refractivity contribution < 1.29 is 0 Å². The van der Waals surface area contributed by atoms with Crippen LogP contribution < -0.4 is 10.2 Å². The number of piperazine rings is 1. The SMILES string of the molecule is C=C(Nc1ccc(N2CCN(C)CC2)nc1)c1n[nH]c2ccc(-c3cncc(CN4CCCCC4)c3)cc12. The fourth-order valence-electron chi connectivity index (χ4n) is 5.45. The van der Waals surface area contributed by atoms with Gasteiger partial charge in [0.25, 0.3) is 0 Å². The van der Waals surface area contributed by atoms with E-state index in [4.69, 9.17) is 4.98 Å². The number of pyridine rings is 2. The average Bonchev–Trinajstić information content (AvgIpc) is 3.38. The first-order valence-electron chi connectivity index (χ1n) is 13.6. The second-order valence-electron chi connectivity index (χ2n) is 10.6. The number of aromatic nitrogens is 4. The standard InChI is InChI=1S/C30H36N8/c1-22(33-26-7-9-29(32-20-26)38-14-12-36(2)13-15-38)30-27-17-24(6-8-28(27)34-35-30)25-16-23(18-31-19-25)21-37-10-4-3-5-11-37/h6-9,16-20,33H,1,3-5,10-15,21H2,2H3,(H,34,35). The Morgan fingerprint density at radius 1 is 0.921 bits per heavy atom. The molecule has 2 fully saturated rings. The van der Waals surface area contributed by atoms with Crippen molar-refractivity contribution in [1.29, 1.82) is 0 Å². The normalized spacial score (nSPS) is 17.1. The lowest BCUT2D eigenvalue weighted by atomic mass is 10.0. The fraction of sp³-hybridized carbons (Fsp3) is 0.367. The maximum atomic E-state index is 4.69. The molecule has 2 N–H and O–H groups in total. The number of benzene rings is 1. The molecule has 8 nitrogen and oxygen atoms in total. The van der Waals surface area contributed by atoms with Gasteiger partial charge in [0.05, 0.1) is 23.1 Å². The van der Waals surface area contributed by atoms with E-state index >= 15 is 0 Å². The van der Waals surface area contributed by atoms with E-state index in [1.165, 1.54) is 37.9 Å². The summed E-state index contributed by atoms with van der Waals surface area (Å²) >= 11 is 0. The van der Waals surface area contributed by atoms with E-state index in [2.05, 4.69) is 85.2 Å². The van der Waals surface area contributed by atoms with Gasteiger partial charge in [0.2, 0.25) is 0 Å². The third-order valence-corrected chi connectivity index (χ3v) is 7.70. The summed E-state index contributed by atoms with van der Waals surface area (Å²) in [5.41, 5.74) is 6.93. The summed E-state index contributed by atoms with van der Waals surface area (Å²) in [6.07, 6.45) is 9.75. The van der Waals surface area contributed by atoms with Crippen molar-refractivity contribution in [1.82, 2.24) is 30.0 Å². The predicted molar refractivity (Wildman–Crippen MR) is 155 cm³/mol. The van der Waals surface area contributed by atoms with Crippen molar-refractivity contribution in [3.05, 3.63) is 72.8 Å². The maximum absolute atomic E-state index is 4.69. The van der Waals surface area contributed by atoms with E-state index in [0.29, 0.717) is 0 Å². The van der Waals surface area contributed by atoms with Crippen molar-refractivity contribution in [2.45, 2.75) is 25.8 Å². The molecule has 196 valence electrons. The van der Waals surface area contributed by atoms with Gasteiger partial charge < -0.3 is 15.1 Å². The van der Waals surface area contributed by atoms with Crippen LogP contribution in [0.15, 0.2) is 61.6 Å². The third kappa shape index (κ3) is 5.42. The van der Waals surface area contributed by atoms with Gasteiger partial charge in [-0.1, -0.05) is 19.1 Å². The van der Waals surface area contributed by atoms with Crippen LogP contribution in [0.5, 0.6) is 0 Å². The van der Waals surface area contributed by atoms with Crippen LogP contribution in [-0.2, 0) is 6.54 Å². The molecule has 5 heterocycles. The van der Waals surface area contributed by atoms with Gasteiger partial charge in [-0.3, -0.25) is 15.0 Å². The highest BCUT2D eigenvalue weighted by atomic mass is 15.3. The number of likely N-dealkylation sites (tertiary alicyclic amines) is 1. The largest absolute Gasteiger partial charge is 0.354 e. The first-order valence-corrected chi connectivity index (χ1v) is 13.6. The van der Waals surface area contributed by atoms with Crippen LogP contribution in [-0.4, -0.2) is 76.3 Å². The Hall–Kier alpha value is -3.75. The zero-order chi connectivity index (χ0) is 25.9. The Balaban J connectivity index is 1.17. The van der Waals surface area contributed by atoms with E-state index < -0.39 is 0 Å². The number of H-pyrrole nitrogens is 1. The van der Waals surface area contributed by atoms with Crippen LogP contribution >= 0.6 is 0 Å². The highest BCUT2D eigenvalue weighted by Crippen LogP contribution is 2.29. The number of nitrogens with zero attached hydrogens (tertiary/aromatic N) is 6. The Morgan fingerprint density at radius 2 is 1.76 bits per heavy atom. The fourth-order valence-corrected chi connectivity index (χ4v) is 5.45. The number of piperidine rings is 1. The lowest BCUT2D eigenvalue weighted by Crippen LogP contribution is -2.44. The van der Waals surface area contributed by atoms with Gasteiger partial charge in [0, 0.05) is 56.1 Å². The summed E-state index contributed by atoms with van der Waals surface area (Å²) < 4.78 is 0. The second kappa shape index (κ2) is 10.9. The zero-order valence-corrected chi connectivity index (χ0v) is 22.2. The van der Waals surface area contributed by atoms with Crippen LogP contribution in [0, 0.1) is 0 Å². The van der Waals surface area contributed by atoms with E-state index in [-0.39, 0.29) is 0 Å². The maximum Gasteiger partial charge on any atom is 0.128 e. The first-order chi connectivity index (χ1) is 18.6. The molecule has 38 heavy (non-hydrogen) atoms. The van der Waals surface area contributed by atoms with Crippen LogP contribution in [0.4, 0.5) is 11.5 Å². The molecule has 8 heteroatoms. The Kier molecular flexibility index (Phi) is 7.07. The molecular weight excluding hydrogens is 472 g/mol. The number of nitrogens with one attached hydrogen (secondary N) is 2. The van der Waals surface area contributed by atoms with Gasteiger partial charge in [0.15, 0.2) is 0 Å². The number of hydrogen-bond acceptors (Lipinski definition) is 7. The zero-order valence-electron chi connectivity index (χ0n) is 22.2. The lowest BCUT2D eigenvalue weighted by Gasteiger charge is -2.33. The monoisotopic (exact) mass is 508 g/mol. The van der Waals surface area contributed by atoms with E-state index in [1.807, 2.05) is 18.6 Å². The van der Waals surface area contributed by atoms with Crippen LogP contribution in [0.3, 0.4) is 0 Å². The number of aromatic amines is 1. The van der Waals surface area contributed by atoms with Crippen molar-refractivity contribution in [2.75, 3.05) is 56.5 Å². The number of rotatable bonds is 7.